The number of benzene rings is 3. The van der Waals surface area contributed by atoms with Crippen molar-refractivity contribution >= 4 is 51.2 Å². The van der Waals surface area contributed by atoms with Crippen molar-refractivity contribution < 1.29 is 9.59 Å². The van der Waals surface area contributed by atoms with Crippen molar-refractivity contribution in [3.05, 3.63) is 77.9 Å². The van der Waals surface area contributed by atoms with E-state index in [0.717, 1.165) is 36.6 Å². The number of fused-ring (bicyclic) bond motifs is 2. The average Bonchev–Trinajstić information content (AvgIpc) is 2.96. The maximum Gasteiger partial charge on any atom is 0.222 e. The van der Waals surface area contributed by atoms with Crippen LogP contribution in [0.4, 0.5) is 5.69 Å². The van der Waals surface area contributed by atoms with Crippen LogP contribution in [0.5, 0.6) is 0 Å². The SMILES string of the molecule is O=CC(Cc1ccc2ccccc2c1)NC(=O)CCN1CC(I)CCc2ccccc21. The Balaban J connectivity index is 1.36. The molecular formula is C26H27IN2O2. The summed E-state index contributed by atoms with van der Waals surface area (Å²) < 4.78 is 0.559. The molecule has 4 nitrogen and oxygen atoms in total. The number of carbonyl (C=O) groups is 2. The van der Waals surface area contributed by atoms with Crippen molar-refractivity contribution in [2.24, 2.45) is 0 Å². The van der Waals surface area contributed by atoms with Crippen LogP contribution in [0.25, 0.3) is 10.8 Å². The predicted molar refractivity (Wildman–Crippen MR) is 135 cm³/mol. The number of hydrogen-bond donors (Lipinski definition) is 1. The van der Waals surface area contributed by atoms with Crippen molar-refractivity contribution in [2.75, 3.05) is 18.0 Å². The zero-order valence-electron chi connectivity index (χ0n) is 17.5. The number of carbonyl (C=O) groups excluding carboxylic acids is 2. The Morgan fingerprint density at radius 1 is 1.10 bits per heavy atom. The fourth-order valence-electron chi connectivity index (χ4n) is 4.25. The van der Waals surface area contributed by atoms with Crippen LogP contribution in [0.1, 0.15) is 24.0 Å². The van der Waals surface area contributed by atoms with Crippen molar-refractivity contribution in [1.29, 1.82) is 0 Å². The molecule has 0 bridgehead atoms. The topological polar surface area (TPSA) is 49.4 Å². The van der Waals surface area contributed by atoms with Gasteiger partial charge in [0.2, 0.25) is 5.91 Å². The fourth-order valence-corrected chi connectivity index (χ4v) is 5.04. The molecule has 3 aromatic rings. The van der Waals surface area contributed by atoms with Gasteiger partial charge < -0.3 is 15.0 Å². The maximum absolute atomic E-state index is 12.6. The normalized spacial score (nSPS) is 16.9. The van der Waals surface area contributed by atoms with Gasteiger partial charge in [-0.1, -0.05) is 83.3 Å². The number of aryl methyl sites for hydroxylation is 1. The lowest BCUT2D eigenvalue weighted by Crippen LogP contribution is -2.40. The minimum Gasteiger partial charge on any atom is -0.370 e. The summed E-state index contributed by atoms with van der Waals surface area (Å²) in [6.07, 6.45) is 3.95. The molecule has 3 aromatic carbocycles. The van der Waals surface area contributed by atoms with Gasteiger partial charge in [0.25, 0.3) is 0 Å². The van der Waals surface area contributed by atoms with Gasteiger partial charge in [-0.2, -0.15) is 0 Å². The monoisotopic (exact) mass is 526 g/mol. The first kappa shape index (κ1) is 21.8. The lowest BCUT2D eigenvalue weighted by molar-refractivity contribution is -0.123. The van der Waals surface area contributed by atoms with E-state index >= 15 is 0 Å². The summed E-state index contributed by atoms with van der Waals surface area (Å²) >= 11 is 2.51. The van der Waals surface area contributed by atoms with Crippen molar-refractivity contribution in [3.8, 4) is 0 Å². The van der Waals surface area contributed by atoms with E-state index in [1.54, 1.807) is 0 Å². The number of para-hydroxylation sites is 1. The predicted octanol–water partition coefficient (Wildman–Crippen LogP) is 4.71. The van der Waals surface area contributed by atoms with Crippen molar-refractivity contribution in [2.45, 2.75) is 35.6 Å². The highest BCUT2D eigenvalue weighted by Gasteiger charge is 2.21. The minimum absolute atomic E-state index is 0.0791. The van der Waals surface area contributed by atoms with Gasteiger partial charge in [0, 0.05) is 29.1 Å². The van der Waals surface area contributed by atoms with E-state index in [1.807, 2.05) is 18.2 Å². The van der Waals surface area contributed by atoms with Crippen LogP contribution in [0, 0.1) is 0 Å². The van der Waals surface area contributed by atoms with Gasteiger partial charge in [-0.15, -0.1) is 0 Å². The first-order chi connectivity index (χ1) is 15.1. The lowest BCUT2D eigenvalue weighted by atomic mass is 10.0. The van der Waals surface area contributed by atoms with Crippen LogP contribution < -0.4 is 10.2 Å². The van der Waals surface area contributed by atoms with E-state index in [0.29, 0.717) is 23.3 Å². The summed E-state index contributed by atoms with van der Waals surface area (Å²) in [6, 6.07) is 22.3. The Morgan fingerprint density at radius 2 is 1.87 bits per heavy atom. The molecule has 0 saturated heterocycles. The molecule has 0 radical (unpaired) electrons. The molecule has 1 heterocycles. The van der Waals surface area contributed by atoms with Gasteiger partial charge >= 0.3 is 0 Å². The Labute approximate surface area is 197 Å². The zero-order valence-corrected chi connectivity index (χ0v) is 19.6. The molecule has 5 heteroatoms. The molecule has 0 aliphatic carbocycles. The quantitative estimate of drug-likeness (QED) is 0.276. The molecule has 0 spiro atoms. The van der Waals surface area contributed by atoms with Gasteiger partial charge in [0.15, 0.2) is 0 Å². The first-order valence-electron chi connectivity index (χ1n) is 10.8. The Morgan fingerprint density at radius 3 is 2.71 bits per heavy atom. The van der Waals surface area contributed by atoms with E-state index in [4.69, 9.17) is 0 Å². The summed E-state index contributed by atoms with van der Waals surface area (Å²) in [5.41, 5.74) is 3.63. The number of nitrogens with zero attached hydrogens (tertiary/aromatic N) is 1. The highest BCUT2D eigenvalue weighted by Crippen LogP contribution is 2.28. The number of rotatable bonds is 7. The van der Waals surface area contributed by atoms with E-state index in [-0.39, 0.29) is 5.91 Å². The van der Waals surface area contributed by atoms with E-state index in [2.05, 4.69) is 81.3 Å². The number of nitrogens with one attached hydrogen (secondary N) is 1. The summed E-state index contributed by atoms with van der Waals surface area (Å²) in [5, 5.41) is 5.23. The molecule has 0 fully saturated rings. The van der Waals surface area contributed by atoms with Crippen molar-refractivity contribution in [1.82, 2.24) is 5.32 Å². The summed E-state index contributed by atoms with van der Waals surface area (Å²) in [4.78, 5) is 26.6. The molecule has 31 heavy (non-hydrogen) atoms. The third-order valence-electron chi connectivity index (χ3n) is 5.87. The molecule has 1 aliphatic heterocycles. The van der Waals surface area contributed by atoms with Crippen molar-refractivity contribution in [3.63, 3.8) is 0 Å². The summed E-state index contributed by atoms with van der Waals surface area (Å²) in [7, 11) is 0. The van der Waals surface area contributed by atoms with Crippen LogP contribution in [0.2, 0.25) is 0 Å². The Bertz CT molecular complexity index is 1070. The molecule has 2 atom stereocenters. The van der Waals surface area contributed by atoms with Crippen LogP contribution in [-0.2, 0) is 22.4 Å². The molecule has 4 rings (SSSR count). The maximum atomic E-state index is 12.6. The zero-order chi connectivity index (χ0) is 21.6. The van der Waals surface area contributed by atoms with Gasteiger partial charge in [-0.05, 0) is 47.2 Å². The highest BCUT2D eigenvalue weighted by molar-refractivity contribution is 14.1. The number of hydrogen-bond acceptors (Lipinski definition) is 3. The summed E-state index contributed by atoms with van der Waals surface area (Å²) in [5.74, 6) is -0.0791. The fraction of sp³-hybridized carbons (Fsp3) is 0.308. The molecule has 1 N–H and O–H groups in total. The Hall–Kier alpha value is -2.41. The largest absolute Gasteiger partial charge is 0.370 e. The number of amides is 1. The molecular weight excluding hydrogens is 499 g/mol. The Kier molecular flexibility index (Phi) is 7.22. The van der Waals surface area contributed by atoms with E-state index in [9.17, 15) is 9.59 Å². The van der Waals surface area contributed by atoms with Crippen LogP contribution in [-0.4, -0.2) is 35.2 Å². The molecule has 0 saturated carbocycles. The third-order valence-corrected chi connectivity index (χ3v) is 6.88. The third kappa shape index (κ3) is 5.64. The van der Waals surface area contributed by atoms with Gasteiger partial charge in [0.05, 0.1) is 6.04 Å². The molecule has 160 valence electrons. The average molecular weight is 526 g/mol. The van der Waals surface area contributed by atoms with Crippen LogP contribution in [0.15, 0.2) is 66.7 Å². The smallest absolute Gasteiger partial charge is 0.222 e. The highest BCUT2D eigenvalue weighted by atomic mass is 127. The van der Waals surface area contributed by atoms with Crippen LogP contribution >= 0.6 is 22.6 Å². The second kappa shape index (κ2) is 10.3. The number of aldehydes is 1. The summed E-state index contributed by atoms with van der Waals surface area (Å²) in [6.45, 7) is 1.60. The number of halogens is 1. The van der Waals surface area contributed by atoms with Crippen LogP contribution in [0.3, 0.4) is 0 Å². The van der Waals surface area contributed by atoms with Gasteiger partial charge in [0.1, 0.15) is 6.29 Å². The number of anilines is 1. The molecule has 1 amide bonds. The van der Waals surface area contributed by atoms with Gasteiger partial charge in [-0.25, -0.2) is 0 Å². The first-order valence-corrected chi connectivity index (χ1v) is 12.1. The lowest BCUT2D eigenvalue weighted by Gasteiger charge is -2.26. The molecule has 2 unspecified atom stereocenters. The minimum atomic E-state index is -0.512. The molecule has 0 aromatic heterocycles. The van der Waals surface area contributed by atoms with E-state index < -0.39 is 6.04 Å². The molecule has 1 aliphatic rings. The van der Waals surface area contributed by atoms with E-state index in [1.165, 1.54) is 16.6 Å². The second-order valence-corrected chi connectivity index (χ2v) is 9.92. The standard InChI is InChI=1S/C26H27IN2O2/c27-23-12-11-21-6-3-4-8-25(21)29(17-23)14-13-26(31)28-24(18-30)16-19-9-10-20-5-1-2-7-22(20)15-19/h1-10,15,18,23-24H,11-14,16-17H2,(H,28,31). The number of alkyl halides is 1. The van der Waals surface area contributed by atoms with Gasteiger partial charge in [-0.3, -0.25) is 4.79 Å². The second-order valence-electron chi connectivity index (χ2n) is 8.16.